The van der Waals surface area contributed by atoms with Crippen molar-refractivity contribution in [2.24, 2.45) is 0 Å². The van der Waals surface area contributed by atoms with Gasteiger partial charge in [0.1, 0.15) is 11.6 Å². The molecule has 3 aromatic rings. The van der Waals surface area contributed by atoms with Gasteiger partial charge in [-0.05, 0) is 35.9 Å². The SMILES string of the molecule is COCc1ccc(C(=O)Nc2nc(-c3cc(F)ccc3OC)cs2)cc1. The molecule has 134 valence electrons. The number of carbonyl (C=O) groups excluding carboxylic acids is 1. The lowest BCUT2D eigenvalue weighted by Crippen LogP contribution is -2.11. The van der Waals surface area contributed by atoms with Crippen LogP contribution in [-0.2, 0) is 11.3 Å². The summed E-state index contributed by atoms with van der Waals surface area (Å²) >= 11 is 1.26. The Morgan fingerprint density at radius 3 is 2.65 bits per heavy atom. The van der Waals surface area contributed by atoms with Gasteiger partial charge in [0.25, 0.3) is 5.91 Å². The van der Waals surface area contributed by atoms with Crippen molar-refractivity contribution in [1.29, 1.82) is 0 Å². The molecular weight excluding hydrogens is 355 g/mol. The smallest absolute Gasteiger partial charge is 0.257 e. The van der Waals surface area contributed by atoms with Crippen LogP contribution in [0, 0.1) is 5.82 Å². The van der Waals surface area contributed by atoms with Gasteiger partial charge in [0.15, 0.2) is 5.13 Å². The van der Waals surface area contributed by atoms with Crippen molar-refractivity contribution in [3.8, 4) is 17.0 Å². The van der Waals surface area contributed by atoms with Crippen molar-refractivity contribution in [1.82, 2.24) is 4.98 Å². The maximum absolute atomic E-state index is 13.5. The molecule has 5 nitrogen and oxygen atoms in total. The molecule has 0 aliphatic carbocycles. The number of hydrogen-bond donors (Lipinski definition) is 1. The maximum Gasteiger partial charge on any atom is 0.257 e. The average molecular weight is 372 g/mol. The monoisotopic (exact) mass is 372 g/mol. The molecule has 0 aliphatic heterocycles. The molecule has 1 aromatic heterocycles. The number of nitrogens with one attached hydrogen (secondary N) is 1. The third kappa shape index (κ3) is 4.07. The third-order valence-corrected chi connectivity index (χ3v) is 4.45. The largest absolute Gasteiger partial charge is 0.496 e. The zero-order chi connectivity index (χ0) is 18.5. The minimum Gasteiger partial charge on any atom is -0.496 e. The van der Waals surface area contributed by atoms with E-state index >= 15 is 0 Å². The number of ether oxygens (including phenoxy) is 2. The molecule has 3 rings (SSSR count). The first kappa shape index (κ1) is 18.0. The number of amides is 1. The summed E-state index contributed by atoms with van der Waals surface area (Å²) in [5.74, 6) is -0.125. The Bertz CT molecular complexity index is 909. The highest BCUT2D eigenvalue weighted by Gasteiger charge is 2.13. The lowest BCUT2D eigenvalue weighted by molar-refractivity contribution is 0.102. The zero-order valence-electron chi connectivity index (χ0n) is 14.3. The summed E-state index contributed by atoms with van der Waals surface area (Å²) in [5, 5.41) is 4.93. The van der Waals surface area contributed by atoms with E-state index in [0.717, 1.165) is 5.56 Å². The molecule has 0 aliphatic rings. The Labute approximate surface area is 154 Å². The number of rotatable bonds is 6. The van der Waals surface area contributed by atoms with Crippen molar-refractivity contribution in [3.05, 3.63) is 64.8 Å². The van der Waals surface area contributed by atoms with Gasteiger partial charge in [-0.1, -0.05) is 12.1 Å². The van der Waals surface area contributed by atoms with E-state index in [1.165, 1.54) is 30.6 Å². The van der Waals surface area contributed by atoms with E-state index in [0.29, 0.717) is 34.3 Å². The molecule has 2 aromatic carbocycles. The molecule has 0 atom stereocenters. The second kappa shape index (κ2) is 8.07. The van der Waals surface area contributed by atoms with Crippen LogP contribution in [0.4, 0.5) is 9.52 Å². The van der Waals surface area contributed by atoms with E-state index in [4.69, 9.17) is 9.47 Å². The average Bonchev–Trinajstić information content (AvgIpc) is 3.11. The van der Waals surface area contributed by atoms with Gasteiger partial charge in [-0.3, -0.25) is 10.1 Å². The first-order valence-corrected chi connectivity index (χ1v) is 8.67. The molecule has 26 heavy (non-hydrogen) atoms. The predicted molar refractivity (Wildman–Crippen MR) is 99.2 cm³/mol. The molecule has 1 amide bonds. The normalized spacial score (nSPS) is 10.6. The van der Waals surface area contributed by atoms with Crippen LogP contribution < -0.4 is 10.1 Å². The molecule has 0 saturated carbocycles. The highest BCUT2D eigenvalue weighted by molar-refractivity contribution is 7.14. The van der Waals surface area contributed by atoms with Gasteiger partial charge >= 0.3 is 0 Å². The quantitative estimate of drug-likeness (QED) is 0.699. The van der Waals surface area contributed by atoms with Crippen molar-refractivity contribution in [2.75, 3.05) is 19.5 Å². The zero-order valence-corrected chi connectivity index (χ0v) is 15.1. The molecule has 0 spiro atoms. The summed E-state index contributed by atoms with van der Waals surface area (Å²) in [6, 6.07) is 11.4. The number of methoxy groups -OCH3 is 2. The number of anilines is 1. The van der Waals surface area contributed by atoms with Crippen LogP contribution >= 0.6 is 11.3 Å². The van der Waals surface area contributed by atoms with Crippen LogP contribution in [0.3, 0.4) is 0 Å². The van der Waals surface area contributed by atoms with Crippen LogP contribution in [0.15, 0.2) is 47.8 Å². The minimum absolute atomic E-state index is 0.263. The van der Waals surface area contributed by atoms with E-state index in [1.54, 1.807) is 30.7 Å². The fourth-order valence-corrected chi connectivity index (χ4v) is 3.13. The molecule has 0 bridgehead atoms. The Balaban J connectivity index is 1.76. The number of benzene rings is 2. The Hall–Kier alpha value is -2.77. The minimum atomic E-state index is -0.379. The number of halogens is 1. The van der Waals surface area contributed by atoms with E-state index in [-0.39, 0.29) is 11.7 Å². The van der Waals surface area contributed by atoms with E-state index in [2.05, 4.69) is 10.3 Å². The summed E-state index contributed by atoms with van der Waals surface area (Å²) in [5.41, 5.74) is 2.58. The number of hydrogen-bond acceptors (Lipinski definition) is 5. The van der Waals surface area contributed by atoms with Crippen LogP contribution in [0.1, 0.15) is 15.9 Å². The number of nitrogens with zero attached hydrogens (tertiary/aromatic N) is 1. The number of aromatic nitrogens is 1. The summed E-state index contributed by atoms with van der Waals surface area (Å²) in [7, 11) is 3.13. The molecule has 1 heterocycles. The topological polar surface area (TPSA) is 60.5 Å². The fraction of sp³-hybridized carbons (Fsp3) is 0.158. The molecule has 0 saturated heterocycles. The van der Waals surface area contributed by atoms with Crippen LogP contribution in [-0.4, -0.2) is 25.1 Å². The van der Waals surface area contributed by atoms with E-state index in [1.807, 2.05) is 12.1 Å². The second-order valence-corrected chi connectivity index (χ2v) is 6.32. The first-order valence-electron chi connectivity index (χ1n) is 7.79. The fourth-order valence-electron chi connectivity index (χ4n) is 2.42. The molecule has 0 radical (unpaired) electrons. The van der Waals surface area contributed by atoms with Gasteiger partial charge in [-0.2, -0.15) is 0 Å². The summed E-state index contributed by atoms with van der Waals surface area (Å²) in [6.07, 6.45) is 0. The Morgan fingerprint density at radius 1 is 1.19 bits per heavy atom. The van der Waals surface area contributed by atoms with Gasteiger partial charge < -0.3 is 9.47 Å². The van der Waals surface area contributed by atoms with Crippen molar-refractivity contribution < 1.29 is 18.7 Å². The highest BCUT2D eigenvalue weighted by atomic mass is 32.1. The highest BCUT2D eigenvalue weighted by Crippen LogP contribution is 2.32. The number of thiazole rings is 1. The lowest BCUT2D eigenvalue weighted by Gasteiger charge is -2.06. The summed E-state index contributed by atoms with van der Waals surface area (Å²) in [6.45, 7) is 0.493. The number of carbonyl (C=O) groups is 1. The standard InChI is InChI=1S/C19H17FN2O3S/c1-24-10-12-3-5-13(6-4-12)18(23)22-19-21-16(11-26-19)15-9-14(20)7-8-17(15)25-2/h3-9,11H,10H2,1-2H3,(H,21,22,23). The first-order chi connectivity index (χ1) is 12.6. The molecule has 1 N–H and O–H groups in total. The van der Waals surface area contributed by atoms with Crippen molar-refractivity contribution in [2.45, 2.75) is 6.61 Å². The van der Waals surface area contributed by atoms with Gasteiger partial charge in [-0.15, -0.1) is 11.3 Å². The molecule has 0 unspecified atom stereocenters. The van der Waals surface area contributed by atoms with Gasteiger partial charge in [-0.25, -0.2) is 9.37 Å². The van der Waals surface area contributed by atoms with E-state index in [9.17, 15) is 9.18 Å². The third-order valence-electron chi connectivity index (χ3n) is 3.69. The summed E-state index contributed by atoms with van der Waals surface area (Å²) in [4.78, 5) is 16.7. The lowest BCUT2D eigenvalue weighted by atomic mass is 10.1. The Morgan fingerprint density at radius 2 is 1.96 bits per heavy atom. The Kier molecular flexibility index (Phi) is 5.60. The second-order valence-electron chi connectivity index (χ2n) is 5.47. The van der Waals surface area contributed by atoms with Gasteiger partial charge in [0, 0.05) is 23.6 Å². The molecule has 7 heteroatoms. The van der Waals surface area contributed by atoms with Crippen LogP contribution in [0.5, 0.6) is 5.75 Å². The summed E-state index contributed by atoms with van der Waals surface area (Å²) < 4.78 is 23.8. The molecule has 0 fully saturated rings. The predicted octanol–water partition coefficient (Wildman–Crippen LogP) is 4.36. The maximum atomic E-state index is 13.5. The van der Waals surface area contributed by atoms with Crippen LogP contribution in [0.2, 0.25) is 0 Å². The van der Waals surface area contributed by atoms with Crippen molar-refractivity contribution >= 4 is 22.4 Å². The van der Waals surface area contributed by atoms with Gasteiger partial charge in [0.05, 0.1) is 19.4 Å². The van der Waals surface area contributed by atoms with Gasteiger partial charge in [0.2, 0.25) is 0 Å². The molecular formula is C19H17FN2O3S. The van der Waals surface area contributed by atoms with E-state index < -0.39 is 0 Å². The van der Waals surface area contributed by atoms with Crippen molar-refractivity contribution in [3.63, 3.8) is 0 Å². The van der Waals surface area contributed by atoms with Crippen LogP contribution in [0.25, 0.3) is 11.3 Å².